The van der Waals surface area contributed by atoms with Crippen LogP contribution in [0.15, 0.2) is 170 Å². The summed E-state index contributed by atoms with van der Waals surface area (Å²) in [5.74, 6) is 0.637. The molecule has 0 aliphatic heterocycles. The molecule has 0 bridgehead atoms. The highest BCUT2D eigenvalue weighted by molar-refractivity contribution is 6.32. The molecule has 0 atom stereocenters. The summed E-state index contributed by atoms with van der Waals surface area (Å²) >= 11 is 0. The van der Waals surface area contributed by atoms with E-state index in [1.807, 2.05) is 24.3 Å². The number of rotatable bonds is 5. The van der Waals surface area contributed by atoms with E-state index in [-0.39, 0.29) is 0 Å². The van der Waals surface area contributed by atoms with Gasteiger partial charge in [-0.1, -0.05) is 103 Å². The van der Waals surface area contributed by atoms with Gasteiger partial charge in [0.15, 0.2) is 0 Å². The third kappa shape index (κ3) is 3.96. The Morgan fingerprint density at radius 1 is 0.458 bits per heavy atom. The molecule has 0 fully saturated rings. The van der Waals surface area contributed by atoms with E-state index < -0.39 is 0 Å². The lowest BCUT2D eigenvalue weighted by Crippen LogP contribution is -2.12. The van der Waals surface area contributed by atoms with E-state index in [0.29, 0.717) is 5.95 Å². The molecule has 2 aromatic heterocycles. The predicted molar refractivity (Wildman–Crippen MR) is 200 cm³/mol. The van der Waals surface area contributed by atoms with Crippen LogP contribution in [0.1, 0.15) is 0 Å². The third-order valence-electron chi connectivity index (χ3n) is 9.63. The normalized spacial score (nSPS) is 11.8. The van der Waals surface area contributed by atoms with Gasteiger partial charge in [0, 0.05) is 45.6 Å². The number of para-hydroxylation sites is 3. The Morgan fingerprint density at radius 2 is 1.10 bits per heavy atom. The van der Waals surface area contributed by atoms with Gasteiger partial charge >= 0.3 is 0 Å². The Bertz CT molecular complexity index is 2710. The van der Waals surface area contributed by atoms with Gasteiger partial charge in [0.05, 0.1) is 11.0 Å². The highest BCUT2D eigenvalue weighted by Crippen LogP contribution is 2.45. The number of benzene rings is 8. The summed E-state index contributed by atoms with van der Waals surface area (Å²) in [7, 11) is 0. The van der Waals surface area contributed by atoms with E-state index in [2.05, 4.69) is 153 Å². The van der Waals surface area contributed by atoms with Crippen LogP contribution < -0.4 is 4.90 Å². The van der Waals surface area contributed by atoms with Gasteiger partial charge in [0.1, 0.15) is 0 Å². The Kier molecular flexibility index (Phi) is 5.84. The Balaban J connectivity index is 1.19. The van der Waals surface area contributed by atoms with Crippen LogP contribution in [0.25, 0.3) is 70.9 Å². The van der Waals surface area contributed by atoms with Gasteiger partial charge in [0.2, 0.25) is 5.95 Å². The first-order chi connectivity index (χ1) is 23.8. The molecule has 0 aliphatic carbocycles. The minimum Gasteiger partial charge on any atom is -0.309 e. The van der Waals surface area contributed by atoms with E-state index >= 15 is 0 Å². The summed E-state index contributed by atoms with van der Waals surface area (Å²) in [5.41, 5.74) is 8.05. The zero-order valence-corrected chi connectivity index (χ0v) is 26.0. The fourth-order valence-corrected chi connectivity index (χ4v) is 7.58. The van der Waals surface area contributed by atoms with Crippen molar-refractivity contribution in [3.05, 3.63) is 170 Å². The van der Waals surface area contributed by atoms with Gasteiger partial charge in [-0.3, -0.25) is 4.90 Å². The largest absolute Gasteiger partial charge is 0.309 e. The molecule has 2 heterocycles. The molecule has 0 unspecified atom stereocenters. The zero-order chi connectivity index (χ0) is 31.6. The van der Waals surface area contributed by atoms with Crippen molar-refractivity contribution in [3.63, 3.8) is 0 Å². The summed E-state index contributed by atoms with van der Waals surface area (Å²) in [6, 6.07) is 56.5. The van der Waals surface area contributed by atoms with E-state index in [1.165, 1.54) is 70.9 Å². The number of hydrogen-bond donors (Lipinski definition) is 0. The van der Waals surface area contributed by atoms with Gasteiger partial charge in [0.25, 0.3) is 0 Å². The molecule has 224 valence electrons. The van der Waals surface area contributed by atoms with Crippen molar-refractivity contribution in [2.24, 2.45) is 0 Å². The van der Waals surface area contributed by atoms with Crippen LogP contribution in [0.5, 0.6) is 0 Å². The van der Waals surface area contributed by atoms with Crippen LogP contribution in [0.2, 0.25) is 0 Å². The number of fused-ring (bicyclic) bond motifs is 4. The minimum absolute atomic E-state index is 0.637. The van der Waals surface area contributed by atoms with Crippen LogP contribution >= 0.6 is 0 Å². The summed E-state index contributed by atoms with van der Waals surface area (Å²) in [4.78, 5) is 11.2. The second-order valence-electron chi connectivity index (χ2n) is 12.3. The van der Waals surface area contributed by atoms with Crippen LogP contribution in [0, 0.1) is 0 Å². The first-order valence-corrected chi connectivity index (χ1v) is 16.3. The van der Waals surface area contributed by atoms with Crippen LogP contribution in [0.3, 0.4) is 0 Å². The van der Waals surface area contributed by atoms with Crippen molar-refractivity contribution in [2.75, 3.05) is 4.90 Å². The quantitative estimate of drug-likeness (QED) is 0.181. The third-order valence-corrected chi connectivity index (χ3v) is 9.63. The molecule has 4 nitrogen and oxygen atoms in total. The van der Waals surface area contributed by atoms with E-state index in [1.54, 1.807) is 12.4 Å². The van der Waals surface area contributed by atoms with Gasteiger partial charge in [-0.15, -0.1) is 0 Å². The number of aromatic nitrogens is 3. The van der Waals surface area contributed by atoms with Crippen LogP contribution in [0.4, 0.5) is 17.3 Å². The fourth-order valence-electron chi connectivity index (χ4n) is 7.58. The van der Waals surface area contributed by atoms with Crippen molar-refractivity contribution >= 4 is 71.4 Å². The van der Waals surface area contributed by atoms with E-state index in [0.717, 1.165) is 11.4 Å². The lowest BCUT2D eigenvalue weighted by Gasteiger charge is -2.23. The molecule has 0 amide bonds. The monoisotopic (exact) mass is 612 g/mol. The maximum absolute atomic E-state index is 4.57. The highest BCUT2D eigenvalue weighted by atomic mass is 15.3. The maximum Gasteiger partial charge on any atom is 0.234 e. The topological polar surface area (TPSA) is 34.0 Å². The van der Waals surface area contributed by atoms with Crippen molar-refractivity contribution in [1.29, 1.82) is 0 Å². The molecule has 0 saturated carbocycles. The van der Waals surface area contributed by atoms with Crippen molar-refractivity contribution in [2.45, 2.75) is 0 Å². The maximum atomic E-state index is 4.57. The van der Waals surface area contributed by atoms with Gasteiger partial charge < -0.3 is 4.57 Å². The average Bonchev–Trinajstić information content (AvgIpc) is 3.49. The van der Waals surface area contributed by atoms with Crippen LogP contribution in [-0.4, -0.2) is 14.5 Å². The second-order valence-corrected chi connectivity index (χ2v) is 12.3. The minimum atomic E-state index is 0.637. The van der Waals surface area contributed by atoms with E-state index in [9.17, 15) is 0 Å². The van der Waals surface area contributed by atoms with Gasteiger partial charge in [-0.2, -0.15) is 0 Å². The Morgan fingerprint density at radius 3 is 1.92 bits per heavy atom. The standard InChI is InChI=1S/C44H28N4/c1-3-10-32(11-4-1)47(44-45-26-9-27-46-44)34-21-18-29(19-22-34)35-23-20-30-16-17-31-28-39-36-14-7-8-15-40(36)48(33-12-5-2-6-13-33)43(39)38-25-24-37(35)41(30)42(31)38/h1-28H. The molecule has 0 N–H and O–H groups in total. The molecule has 8 aromatic carbocycles. The molecule has 0 saturated heterocycles. The van der Waals surface area contributed by atoms with Gasteiger partial charge in [-0.05, 0) is 92.7 Å². The molecule has 0 radical (unpaired) electrons. The lowest BCUT2D eigenvalue weighted by molar-refractivity contribution is 1.08. The zero-order valence-electron chi connectivity index (χ0n) is 26.0. The highest BCUT2D eigenvalue weighted by Gasteiger charge is 2.20. The molecule has 0 spiro atoms. The molecular weight excluding hydrogens is 585 g/mol. The van der Waals surface area contributed by atoms with Crippen molar-refractivity contribution in [1.82, 2.24) is 14.5 Å². The summed E-state index contributed by atoms with van der Waals surface area (Å²) < 4.78 is 2.44. The number of hydrogen-bond acceptors (Lipinski definition) is 3. The molecule has 4 heteroatoms. The van der Waals surface area contributed by atoms with Crippen LogP contribution in [-0.2, 0) is 0 Å². The van der Waals surface area contributed by atoms with Crippen molar-refractivity contribution in [3.8, 4) is 16.8 Å². The summed E-state index contributed by atoms with van der Waals surface area (Å²) in [5, 5.41) is 10.2. The summed E-state index contributed by atoms with van der Waals surface area (Å²) in [6.45, 7) is 0. The molecule has 48 heavy (non-hydrogen) atoms. The van der Waals surface area contributed by atoms with E-state index in [4.69, 9.17) is 0 Å². The molecule has 10 aromatic rings. The average molecular weight is 613 g/mol. The first kappa shape index (κ1) is 26.7. The molecule has 10 rings (SSSR count). The molecule has 0 aliphatic rings. The van der Waals surface area contributed by atoms with Gasteiger partial charge in [-0.25, -0.2) is 9.97 Å². The van der Waals surface area contributed by atoms with Crippen molar-refractivity contribution < 1.29 is 0 Å². The Labute approximate surface area is 277 Å². The number of anilines is 3. The number of nitrogens with zero attached hydrogens (tertiary/aromatic N) is 4. The SMILES string of the molecule is c1ccc(N(c2ccc(-c3ccc4ccc5cc6c7ccccc7n(-c7ccccc7)c6c6ccc3c4c56)cc2)c2ncccn2)cc1. The first-order valence-electron chi connectivity index (χ1n) is 16.3. The predicted octanol–water partition coefficient (Wildman–Crippen LogP) is 11.6. The smallest absolute Gasteiger partial charge is 0.234 e. The second kappa shape index (κ2) is 10.5. The lowest BCUT2D eigenvalue weighted by atomic mass is 9.89. The Hall–Kier alpha value is -6.52. The molecular formula is C44H28N4. The summed E-state index contributed by atoms with van der Waals surface area (Å²) in [6.07, 6.45) is 3.56. The fraction of sp³-hybridized carbons (Fsp3) is 0.